The maximum absolute atomic E-state index is 12.6. The van der Waals surface area contributed by atoms with Crippen molar-refractivity contribution in [2.24, 2.45) is 0 Å². The molecule has 0 atom stereocenters. The molecule has 0 saturated heterocycles. The molecular formula is C24H33FO3. The number of aryl methyl sites for hydroxylation is 1. The van der Waals surface area contributed by atoms with Crippen LogP contribution in [0, 0.1) is 0 Å². The summed E-state index contributed by atoms with van der Waals surface area (Å²) in [5.74, 6) is -0.157. The summed E-state index contributed by atoms with van der Waals surface area (Å²) in [5.41, 5.74) is 4.88. The van der Waals surface area contributed by atoms with Gasteiger partial charge in [-0.3, -0.25) is 4.39 Å². The molecule has 4 heteroatoms. The first-order valence-corrected chi connectivity index (χ1v) is 9.72. The second kappa shape index (κ2) is 10.8. The van der Waals surface area contributed by atoms with Gasteiger partial charge in [-0.15, -0.1) is 0 Å². The van der Waals surface area contributed by atoms with Gasteiger partial charge in [0.05, 0.1) is 13.3 Å². The van der Waals surface area contributed by atoms with Gasteiger partial charge in [-0.2, -0.15) is 0 Å². The molecule has 0 radical (unpaired) electrons. The van der Waals surface area contributed by atoms with Gasteiger partial charge in [0.15, 0.2) is 0 Å². The normalized spacial score (nSPS) is 13.2. The predicted molar refractivity (Wildman–Crippen MR) is 115 cm³/mol. The summed E-state index contributed by atoms with van der Waals surface area (Å²) in [6.45, 7) is 12.2. The molecule has 0 aliphatic rings. The van der Waals surface area contributed by atoms with E-state index in [1.54, 1.807) is 13.0 Å². The Morgan fingerprint density at radius 2 is 1.93 bits per heavy atom. The number of allylic oxidation sites excluding steroid dienone is 5. The largest absolute Gasteiger partial charge is 0.493 e. The van der Waals surface area contributed by atoms with Crippen LogP contribution in [-0.2, 0) is 16.6 Å². The molecule has 28 heavy (non-hydrogen) atoms. The van der Waals surface area contributed by atoms with Crippen molar-refractivity contribution in [1.82, 2.24) is 0 Å². The van der Waals surface area contributed by atoms with Gasteiger partial charge < -0.3 is 9.84 Å². The van der Waals surface area contributed by atoms with Gasteiger partial charge in [-0.05, 0) is 48.5 Å². The topological polar surface area (TPSA) is 46.5 Å². The van der Waals surface area contributed by atoms with Crippen LogP contribution in [0.25, 0.3) is 5.57 Å². The Labute approximate surface area is 168 Å². The number of alkyl halides is 1. The molecule has 1 rings (SSSR count). The third-order valence-electron chi connectivity index (χ3n) is 4.37. The van der Waals surface area contributed by atoms with Crippen LogP contribution in [0.2, 0.25) is 0 Å². The molecule has 0 aliphatic carbocycles. The molecule has 0 spiro atoms. The number of aliphatic carboxylic acids is 1. The van der Waals surface area contributed by atoms with Crippen LogP contribution in [0.4, 0.5) is 4.39 Å². The highest BCUT2D eigenvalue weighted by atomic mass is 19.1. The first-order chi connectivity index (χ1) is 13.1. The van der Waals surface area contributed by atoms with Crippen LogP contribution >= 0.6 is 0 Å². The lowest BCUT2D eigenvalue weighted by molar-refractivity contribution is -0.131. The maximum Gasteiger partial charge on any atom is 0.328 e. The predicted octanol–water partition coefficient (Wildman–Crippen LogP) is 6.28. The molecule has 1 aromatic carbocycles. The van der Waals surface area contributed by atoms with Gasteiger partial charge in [-0.1, -0.05) is 52.0 Å². The third-order valence-corrected chi connectivity index (χ3v) is 4.37. The fourth-order valence-corrected chi connectivity index (χ4v) is 2.80. The van der Waals surface area contributed by atoms with E-state index >= 15 is 0 Å². The van der Waals surface area contributed by atoms with Crippen LogP contribution < -0.4 is 4.74 Å². The van der Waals surface area contributed by atoms with E-state index in [2.05, 4.69) is 39.8 Å². The summed E-state index contributed by atoms with van der Waals surface area (Å²) in [6, 6.07) is 4.30. The third kappa shape index (κ3) is 7.34. The van der Waals surface area contributed by atoms with Crippen LogP contribution in [0.1, 0.15) is 64.7 Å². The smallest absolute Gasteiger partial charge is 0.328 e. The summed E-state index contributed by atoms with van der Waals surface area (Å²) in [4.78, 5) is 10.7. The lowest BCUT2D eigenvalue weighted by atomic mass is 9.82. The minimum atomic E-state index is -0.961. The quantitative estimate of drug-likeness (QED) is 0.308. The Bertz CT molecular complexity index is 765. The first-order valence-electron chi connectivity index (χ1n) is 9.72. The van der Waals surface area contributed by atoms with Gasteiger partial charge in [0.25, 0.3) is 0 Å². The molecule has 154 valence electrons. The molecule has 0 amide bonds. The number of benzene rings is 1. The summed E-state index contributed by atoms with van der Waals surface area (Å²) in [7, 11) is 0. The molecule has 0 aromatic heterocycles. The van der Waals surface area contributed by atoms with E-state index in [0.717, 1.165) is 28.9 Å². The number of halogens is 1. The summed E-state index contributed by atoms with van der Waals surface area (Å²) in [5, 5.41) is 8.81. The van der Waals surface area contributed by atoms with Crippen molar-refractivity contribution in [2.75, 3.05) is 13.3 Å². The van der Waals surface area contributed by atoms with Crippen molar-refractivity contribution in [3.05, 3.63) is 58.7 Å². The Balaban J connectivity index is 3.42. The highest BCUT2D eigenvalue weighted by Crippen LogP contribution is 2.38. The summed E-state index contributed by atoms with van der Waals surface area (Å²) in [6.07, 6.45) is 7.98. The molecule has 0 aliphatic heterocycles. The molecule has 1 aromatic rings. The van der Waals surface area contributed by atoms with E-state index in [4.69, 9.17) is 9.84 Å². The monoisotopic (exact) mass is 388 g/mol. The van der Waals surface area contributed by atoms with Gasteiger partial charge in [0.1, 0.15) is 5.75 Å². The van der Waals surface area contributed by atoms with Crippen LogP contribution in [0.5, 0.6) is 5.75 Å². The van der Waals surface area contributed by atoms with Crippen molar-refractivity contribution in [2.45, 2.75) is 59.8 Å². The van der Waals surface area contributed by atoms with Gasteiger partial charge in [0.2, 0.25) is 0 Å². The summed E-state index contributed by atoms with van der Waals surface area (Å²) < 4.78 is 18.6. The van der Waals surface area contributed by atoms with Crippen molar-refractivity contribution in [1.29, 1.82) is 0 Å². The second-order valence-electron chi connectivity index (χ2n) is 7.95. The highest BCUT2D eigenvalue weighted by Gasteiger charge is 2.23. The average Bonchev–Trinajstić information content (AvgIpc) is 2.60. The molecule has 3 nitrogen and oxygen atoms in total. The molecule has 1 N–H and O–H groups in total. The zero-order chi connectivity index (χ0) is 21.3. The highest BCUT2D eigenvalue weighted by molar-refractivity contribution is 5.81. The minimum absolute atomic E-state index is 0.109. The van der Waals surface area contributed by atoms with E-state index in [9.17, 15) is 9.18 Å². The molecule has 0 unspecified atom stereocenters. The Morgan fingerprint density at radius 1 is 1.25 bits per heavy atom. The Hall–Kier alpha value is -2.36. The van der Waals surface area contributed by atoms with Crippen molar-refractivity contribution >= 4 is 11.5 Å². The standard InChI is InChI=1S/C24H33FO3/c1-7-19-15-20(18(3)11-8-10-17(2)14-22(26)27)23(28-13-9-12-25)21(16-19)24(4,5)6/h8,10-11,14-16H,7,9,12-13H2,1-6H3,(H,26,27)/b10-8+,17-14+,18-11-. The van der Waals surface area contributed by atoms with Gasteiger partial charge in [0, 0.05) is 23.6 Å². The van der Waals surface area contributed by atoms with Gasteiger partial charge >= 0.3 is 5.97 Å². The Morgan fingerprint density at radius 3 is 2.46 bits per heavy atom. The van der Waals surface area contributed by atoms with Crippen LogP contribution in [0.3, 0.4) is 0 Å². The zero-order valence-corrected chi connectivity index (χ0v) is 17.9. The number of carboxylic acids is 1. The fourth-order valence-electron chi connectivity index (χ4n) is 2.80. The fraction of sp³-hybridized carbons (Fsp3) is 0.458. The lowest BCUT2D eigenvalue weighted by Crippen LogP contribution is -2.16. The number of rotatable bonds is 9. The number of hydrogen-bond donors (Lipinski definition) is 1. The number of carbonyl (C=O) groups is 1. The van der Waals surface area contributed by atoms with E-state index in [0.29, 0.717) is 18.6 Å². The SMILES string of the molecule is CCc1cc(\C(C)=C/C=C/C(C)=C/C(=O)O)c(OCCCF)c(C(C)(C)C)c1. The number of carboxylic acid groups (broad SMARTS) is 1. The first kappa shape index (κ1) is 23.7. The van der Waals surface area contributed by atoms with Crippen molar-refractivity contribution < 1.29 is 19.0 Å². The van der Waals surface area contributed by atoms with Gasteiger partial charge in [-0.25, -0.2) is 4.79 Å². The van der Waals surface area contributed by atoms with E-state index < -0.39 is 12.6 Å². The number of hydrogen-bond acceptors (Lipinski definition) is 2. The van der Waals surface area contributed by atoms with E-state index in [-0.39, 0.29) is 5.41 Å². The average molecular weight is 389 g/mol. The second-order valence-corrected chi connectivity index (χ2v) is 7.95. The maximum atomic E-state index is 12.6. The van der Waals surface area contributed by atoms with Crippen molar-refractivity contribution in [3.63, 3.8) is 0 Å². The molecular weight excluding hydrogens is 355 g/mol. The van der Waals surface area contributed by atoms with Crippen LogP contribution in [-0.4, -0.2) is 24.4 Å². The number of ether oxygens (including phenoxy) is 1. The Kier molecular flexibility index (Phi) is 9.17. The molecule has 0 fully saturated rings. The van der Waals surface area contributed by atoms with E-state index in [1.165, 1.54) is 11.6 Å². The van der Waals surface area contributed by atoms with E-state index in [1.807, 2.05) is 19.1 Å². The van der Waals surface area contributed by atoms with Crippen LogP contribution in [0.15, 0.2) is 42.0 Å². The zero-order valence-electron chi connectivity index (χ0n) is 17.9. The summed E-state index contributed by atoms with van der Waals surface area (Å²) >= 11 is 0. The molecule has 0 heterocycles. The minimum Gasteiger partial charge on any atom is -0.493 e. The molecule has 0 bridgehead atoms. The lowest BCUT2D eigenvalue weighted by Gasteiger charge is -2.26. The molecule has 0 saturated carbocycles. The van der Waals surface area contributed by atoms with Crippen molar-refractivity contribution in [3.8, 4) is 5.75 Å².